The Hall–Kier alpha value is -1.17. The van der Waals surface area contributed by atoms with Crippen molar-refractivity contribution in [1.82, 2.24) is 10.2 Å². The van der Waals surface area contributed by atoms with E-state index < -0.39 is 6.10 Å². The van der Waals surface area contributed by atoms with Gasteiger partial charge in [0.2, 0.25) is 0 Å². The van der Waals surface area contributed by atoms with Crippen LogP contribution in [0.3, 0.4) is 0 Å². The molecule has 1 heterocycles. The van der Waals surface area contributed by atoms with Crippen LogP contribution in [0.15, 0.2) is 18.2 Å². The summed E-state index contributed by atoms with van der Waals surface area (Å²) in [6.07, 6.45) is -0.599. The van der Waals surface area contributed by atoms with Crippen LogP contribution in [0.5, 0.6) is 5.75 Å². The summed E-state index contributed by atoms with van der Waals surface area (Å²) in [5.41, 5.74) is 0.938. The maximum absolute atomic E-state index is 13.5. The van der Waals surface area contributed by atoms with Crippen molar-refractivity contribution in [3.8, 4) is 5.75 Å². The highest BCUT2D eigenvalue weighted by atomic mass is 19.1. The van der Waals surface area contributed by atoms with E-state index in [9.17, 15) is 9.50 Å². The fourth-order valence-corrected chi connectivity index (χ4v) is 2.15. The Labute approximate surface area is 113 Å². The first-order chi connectivity index (χ1) is 9.15. The number of aliphatic hydroxyl groups excluding tert-OH is 1. The Morgan fingerprint density at radius 2 is 2.16 bits per heavy atom. The predicted octanol–water partition coefficient (Wildman–Crippen LogP) is 0.779. The van der Waals surface area contributed by atoms with Gasteiger partial charge in [0.05, 0.1) is 0 Å². The molecule has 1 aromatic rings. The molecule has 0 radical (unpaired) electrons. The molecule has 1 aliphatic heterocycles. The second kappa shape index (κ2) is 6.84. The maximum Gasteiger partial charge on any atom is 0.165 e. The first kappa shape index (κ1) is 14.2. The molecular formula is C14H21FN2O2. The van der Waals surface area contributed by atoms with Crippen molar-refractivity contribution in [2.24, 2.45) is 0 Å². The summed E-state index contributed by atoms with van der Waals surface area (Å²) in [5.74, 6) is -0.181. The summed E-state index contributed by atoms with van der Waals surface area (Å²) >= 11 is 0. The average Bonchev–Trinajstić information content (AvgIpc) is 2.41. The Balaban J connectivity index is 1.79. The number of hydrogen-bond acceptors (Lipinski definition) is 4. The molecule has 0 aromatic heterocycles. The minimum atomic E-state index is -0.599. The summed E-state index contributed by atoms with van der Waals surface area (Å²) in [5, 5.41) is 13.2. The molecule has 1 saturated heterocycles. The number of aliphatic hydroxyl groups is 1. The number of nitrogens with zero attached hydrogens (tertiary/aromatic N) is 1. The molecule has 2 N–H and O–H groups in total. The van der Waals surface area contributed by atoms with Gasteiger partial charge in [-0.3, -0.25) is 4.90 Å². The fraction of sp³-hybridized carbons (Fsp3) is 0.571. The molecule has 4 nitrogen and oxygen atoms in total. The Bertz CT molecular complexity index is 408. The standard InChI is InChI=1S/C14H21FN2O2/c1-11-2-3-13(15)14(8-11)19-10-12(18)9-17-6-4-16-5-7-17/h2-3,8,12,16,18H,4-7,9-10H2,1H3. The molecule has 1 atom stereocenters. The van der Waals surface area contributed by atoms with Gasteiger partial charge in [0.15, 0.2) is 11.6 Å². The number of halogens is 1. The van der Waals surface area contributed by atoms with Crippen LogP contribution in [0.1, 0.15) is 5.56 Å². The second-order valence-electron chi connectivity index (χ2n) is 4.95. The van der Waals surface area contributed by atoms with E-state index in [-0.39, 0.29) is 18.2 Å². The third kappa shape index (κ3) is 4.45. The van der Waals surface area contributed by atoms with Gasteiger partial charge in [0, 0.05) is 32.7 Å². The SMILES string of the molecule is Cc1ccc(F)c(OCC(O)CN2CCNCC2)c1. The number of benzene rings is 1. The topological polar surface area (TPSA) is 44.7 Å². The van der Waals surface area contributed by atoms with E-state index in [1.54, 1.807) is 12.1 Å². The smallest absolute Gasteiger partial charge is 0.165 e. The van der Waals surface area contributed by atoms with Crippen LogP contribution in [0, 0.1) is 12.7 Å². The van der Waals surface area contributed by atoms with Gasteiger partial charge in [-0.25, -0.2) is 4.39 Å². The van der Waals surface area contributed by atoms with Gasteiger partial charge in [-0.1, -0.05) is 6.07 Å². The van der Waals surface area contributed by atoms with E-state index in [4.69, 9.17) is 4.74 Å². The van der Waals surface area contributed by atoms with Crippen LogP contribution in [0.2, 0.25) is 0 Å². The van der Waals surface area contributed by atoms with Crippen molar-refractivity contribution in [2.75, 3.05) is 39.3 Å². The first-order valence-electron chi connectivity index (χ1n) is 6.65. The molecule has 1 unspecified atom stereocenters. The Morgan fingerprint density at radius 3 is 2.89 bits per heavy atom. The molecule has 0 amide bonds. The lowest BCUT2D eigenvalue weighted by molar-refractivity contribution is 0.0628. The Morgan fingerprint density at radius 1 is 1.42 bits per heavy atom. The van der Waals surface area contributed by atoms with Gasteiger partial charge >= 0.3 is 0 Å². The lowest BCUT2D eigenvalue weighted by atomic mass is 10.2. The van der Waals surface area contributed by atoms with E-state index >= 15 is 0 Å². The molecular weight excluding hydrogens is 247 g/mol. The van der Waals surface area contributed by atoms with Gasteiger partial charge in [0.25, 0.3) is 0 Å². The van der Waals surface area contributed by atoms with Gasteiger partial charge in [0.1, 0.15) is 12.7 Å². The van der Waals surface area contributed by atoms with Crippen molar-refractivity contribution < 1.29 is 14.2 Å². The fourth-order valence-electron chi connectivity index (χ4n) is 2.15. The molecule has 1 fully saturated rings. The molecule has 1 aromatic carbocycles. The molecule has 106 valence electrons. The number of hydrogen-bond donors (Lipinski definition) is 2. The monoisotopic (exact) mass is 268 g/mol. The molecule has 0 spiro atoms. The van der Waals surface area contributed by atoms with Crippen molar-refractivity contribution >= 4 is 0 Å². The predicted molar refractivity (Wildman–Crippen MR) is 71.9 cm³/mol. The molecule has 0 aliphatic carbocycles. The summed E-state index contributed by atoms with van der Waals surface area (Å²) in [4.78, 5) is 2.18. The van der Waals surface area contributed by atoms with Crippen molar-refractivity contribution in [1.29, 1.82) is 0 Å². The number of nitrogens with one attached hydrogen (secondary N) is 1. The zero-order chi connectivity index (χ0) is 13.7. The summed E-state index contributed by atoms with van der Waals surface area (Å²) in [7, 11) is 0. The van der Waals surface area contributed by atoms with E-state index in [0.29, 0.717) is 6.54 Å². The van der Waals surface area contributed by atoms with E-state index in [0.717, 1.165) is 31.7 Å². The summed E-state index contributed by atoms with van der Waals surface area (Å²) < 4.78 is 18.8. The second-order valence-corrected chi connectivity index (χ2v) is 4.95. The quantitative estimate of drug-likeness (QED) is 0.828. The largest absolute Gasteiger partial charge is 0.488 e. The van der Waals surface area contributed by atoms with Crippen LogP contribution in [0.25, 0.3) is 0 Å². The van der Waals surface area contributed by atoms with Gasteiger partial charge in [-0.15, -0.1) is 0 Å². The maximum atomic E-state index is 13.5. The molecule has 2 rings (SSSR count). The molecule has 5 heteroatoms. The average molecular weight is 268 g/mol. The van der Waals surface area contributed by atoms with Crippen LogP contribution in [-0.2, 0) is 0 Å². The minimum Gasteiger partial charge on any atom is -0.488 e. The molecule has 0 bridgehead atoms. The van der Waals surface area contributed by atoms with Crippen molar-refractivity contribution in [3.63, 3.8) is 0 Å². The number of ether oxygens (including phenoxy) is 1. The van der Waals surface area contributed by atoms with Gasteiger partial charge < -0.3 is 15.2 Å². The van der Waals surface area contributed by atoms with Crippen molar-refractivity contribution in [2.45, 2.75) is 13.0 Å². The third-order valence-electron chi connectivity index (χ3n) is 3.20. The van der Waals surface area contributed by atoms with Crippen LogP contribution in [-0.4, -0.2) is 55.4 Å². The number of rotatable bonds is 5. The van der Waals surface area contributed by atoms with Gasteiger partial charge in [-0.2, -0.15) is 0 Å². The number of piperazine rings is 1. The molecule has 19 heavy (non-hydrogen) atoms. The third-order valence-corrected chi connectivity index (χ3v) is 3.20. The highest BCUT2D eigenvalue weighted by molar-refractivity contribution is 5.29. The van der Waals surface area contributed by atoms with Crippen LogP contribution >= 0.6 is 0 Å². The van der Waals surface area contributed by atoms with E-state index in [1.165, 1.54) is 6.07 Å². The zero-order valence-electron chi connectivity index (χ0n) is 11.2. The summed E-state index contributed by atoms with van der Waals surface area (Å²) in [6.45, 7) is 6.30. The number of aryl methyl sites for hydroxylation is 1. The number of β-amino-alcohol motifs (C(OH)–C–C–N with tert-alkyl or cyclic N) is 1. The van der Waals surface area contributed by atoms with E-state index in [2.05, 4.69) is 10.2 Å². The molecule has 0 saturated carbocycles. The lowest BCUT2D eigenvalue weighted by Crippen LogP contribution is -2.47. The highest BCUT2D eigenvalue weighted by Crippen LogP contribution is 2.18. The first-order valence-corrected chi connectivity index (χ1v) is 6.65. The van der Waals surface area contributed by atoms with Gasteiger partial charge in [-0.05, 0) is 24.6 Å². The Kier molecular flexibility index (Phi) is 5.13. The highest BCUT2D eigenvalue weighted by Gasteiger charge is 2.15. The lowest BCUT2D eigenvalue weighted by Gasteiger charge is -2.29. The van der Waals surface area contributed by atoms with Crippen LogP contribution < -0.4 is 10.1 Å². The normalized spacial score (nSPS) is 18.3. The van der Waals surface area contributed by atoms with E-state index in [1.807, 2.05) is 6.92 Å². The summed E-state index contributed by atoms with van der Waals surface area (Å²) in [6, 6.07) is 4.72. The van der Waals surface area contributed by atoms with Crippen LogP contribution in [0.4, 0.5) is 4.39 Å². The molecule has 1 aliphatic rings. The minimum absolute atomic E-state index is 0.115. The van der Waals surface area contributed by atoms with Crippen molar-refractivity contribution in [3.05, 3.63) is 29.6 Å². The zero-order valence-corrected chi connectivity index (χ0v) is 11.2.